The van der Waals surface area contributed by atoms with E-state index < -0.39 is 0 Å². The van der Waals surface area contributed by atoms with Crippen LogP contribution in [0.15, 0.2) is 42.7 Å². The largest absolute Gasteiger partial charge is 0.358 e. The molecule has 2 aromatic heterocycles. The third-order valence-electron chi connectivity index (χ3n) is 4.14. The van der Waals surface area contributed by atoms with Crippen molar-refractivity contribution in [1.29, 1.82) is 0 Å². The summed E-state index contributed by atoms with van der Waals surface area (Å²) in [4.78, 5) is 23.0. The van der Waals surface area contributed by atoms with Gasteiger partial charge in [0, 0.05) is 10.9 Å². The van der Waals surface area contributed by atoms with E-state index in [4.69, 9.17) is 0 Å². The Labute approximate surface area is 151 Å². The zero-order valence-electron chi connectivity index (χ0n) is 14.6. The summed E-state index contributed by atoms with van der Waals surface area (Å²) in [6.45, 7) is 5.89. The first-order valence-electron chi connectivity index (χ1n) is 8.45. The number of benzene rings is 1. The summed E-state index contributed by atoms with van der Waals surface area (Å²) in [7, 11) is 0. The van der Waals surface area contributed by atoms with Gasteiger partial charge in [0.1, 0.15) is 23.0 Å². The summed E-state index contributed by atoms with van der Waals surface area (Å²) in [6.07, 6.45) is 2.44. The van der Waals surface area contributed by atoms with E-state index in [1.165, 1.54) is 6.33 Å². The van der Waals surface area contributed by atoms with Gasteiger partial charge < -0.3 is 10.6 Å². The van der Waals surface area contributed by atoms with Crippen LogP contribution in [-0.4, -0.2) is 28.0 Å². The highest BCUT2D eigenvalue weighted by Crippen LogP contribution is 2.34. The Balaban J connectivity index is 1.85. The summed E-state index contributed by atoms with van der Waals surface area (Å²) in [5.41, 5.74) is 1.15. The van der Waals surface area contributed by atoms with Crippen molar-refractivity contribution < 1.29 is 4.79 Å². The fourth-order valence-electron chi connectivity index (χ4n) is 2.46. The number of amides is 1. The zero-order chi connectivity index (χ0) is 17.8. The lowest BCUT2D eigenvalue weighted by Crippen LogP contribution is -2.42. The maximum Gasteiger partial charge on any atom is 0.242 e. The van der Waals surface area contributed by atoms with Crippen LogP contribution >= 0.6 is 11.3 Å². The first-order chi connectivity index (χ1) is 12.1. The Bertz CT molecular complexity index is 862. The molecule has 1 aromatic carbocycles. The molecule has 0 aliphatic rings. The molecule has 1 amide bonds. The summed E-state index contributed by atoms with van der Waals surface area (Å²) < 4.78 is 0. The molecule has 0 spiro atoms. The van der Waals surface area contributed by atoms with Crippen LogP contribution in [0.5, 0.6) is 0 Å². The number of nitrogens with one attached hydrogen (secondary N) is 2. The van der Waals surface area contributed by atoms with Crippen LogP contribution in [0.4, 0.5) is 5.82 Å². The number of hydrogen-bond acceptors (Lipinski definition) is 5. The fourth-order valence-corrected chi connectivity index (χ4v) is 3.46. The number of rotatable bonds is 6. The van der Waals surface area contributed by atoms with Gasteiger partial charge >= 0.3 is 0 Å². The quantitative estimate of drug-likeness (QED) is 0.700. The molecule has 0 aliphatic carbocycles. The molecular formula is C19H22N4OS. The minimum absolute atomic E-state index is 0.0281. The number of nitrogens with zero attached hydrogens (tertiary/aromatic N) is 2. The second-order valence-corrected chi connectivity index (χ2v) is 7.13. The van der Waals surface area contributed by atoms with Crippen LogP contribution in [0.25, 0.3) is 20.7 Å². The van der Waals surface area contributed by atoms with Crippen molar-refractivity contribution in [2.75, 3.05) is 5.32 Å². The lowest BCUT2D eigenvalue weighted by atomic mass is 10.2. The highest BCUT2D eigenvalue weighted by Gasteiger charge is 2.17. The Kier molecular flexibility index (Phi) is 5.28. The first kappa shape index (κ1) is 17.4. The van der Waals surface area contributed by atoms with Crippen molar-refractivity contribution in [2.45, 2.75) is 39.3 Å². The molecule has 2 atom stereocenters. The second-order valence-electron chi connectivity index (χ2n) is 6.10. The molecule has 0 saturated carbocycles. The molecule has 3 aromatic rings. The van der Waals surface area contributed by atoms with E-state index in [0.29, 0.717) is 5.82 Å². The van der Waals surface area contributed by atoms with Crippen molar-refractivity contribution in [3.63, 3.8) is 0 Å². The molecule has 3 rings (SSSR count). The number of fused-ring (bicyclic) bond motifs is 1. The highest BCUT2D eigenvalue weighted by atomic mass is 32.1. The Morgan fingerprint density at radius 2 is 1.96 bits per heavy atom. The third kappa shape index (κ3) is 3.96. The number of carbonyl (C=O) groups excluding carboxylic acids is 1. The Morgan fingerprint density at radius 3 is 2.68 bits per heavy atom. The van der Waals surface area contributed by atoms with E-state index >= 15 is 0 Å². The van der Waals surface area contributed by atoms with Gasteiger partial charge in [0.2, 0.25) is 5.91 Å². The molecule has 0 aliphatic heterocycles. The monoisotopic (exact) mass is 354 g/mol. The lowest BCUT2D eigenvalue weighted by Gasteiger charge is -2.18. The predicted molar refractivity (Wildman–Crippen MR) is 104 cm³/mol. The van der Waals surface area contributed by atoms with E-state index in [0.717, 1.165) is 27.1 Å². The van der Waals surface area contributed by atoms with E-state index in [1.54, 1.807) is 11.3 Å². The smallest absolute Gasteiger partial charge is 0.242 e. The molecule has 2 unspecified atom stereocenters. The summed E-state index contributed by atoms with van der Waals surface area (Å²) >= 11 is 1.62. The van der Waals surface area contributed by atoms with Crippen LogP contribution < -0.4 is 10.6 Å². The maximum absolute atomic E-state index is 12.3. The second kappa shape index (κ2) is 7.61. The predicted octanol–water partition coefficient (Wildman–Crippen LogP) is 4.07. The van der Waals surface area contributed by atoms with Crippen LogP contribution in [0.2, 0.25) is 0 Å². The number of anilines is 1. The fraction of sp³-hybridized carbons (Fsp3) is 0.316. The van der Waals surface area contributed by atoms with Gasteiger partial charge in [-0.15, -0.1) is 11.3 Å². The third-order valence-corrected chi connectivity index (χ3v) is 5.23. The Hall–Kier alpha value is -2.47. The molecular weight excluding hydrogens is 332 g/mol. The Morgan fingerprint density at radius 1 is 1.20 bits per heavy atom. The van der Waals surface area contributed by atoms with Gasteiger partial charge in [-0.1, -0.05) is 37.3 Å². The van der Waals surface area contributed by atoms with E-state index in [-0.39, 0.29) is 18.0 Å². The molecule has 0 fully saturated rings. The molecule has 2 heterocycles. The minimum atomic E-state index is -0.368. The lowest BCUT2D eigenvalue weighted by molar-refractivity contribution is -0.122. The summed E-state index contributed by atoms with van der Waals surface area (Å²) in [5.74, 6) is 0.662. The molecule has 0 saturated heterocycles. The van der Waals surface area contributed by atoms with Gasteiger partial charge in [-0.05, 0) is 31.9 Å². The molecule has 6 heteroatoms. The zero-order valence-corrected chi connectivity index (χ0v) is 15.4. The van der Waals surface area contributed by atoms with Gasteiger partial charge in [-0.25, -0.2) is 9.97 Å². The van der Waals surface area contributed by atoms with Crippen molar-refractivity contribution in [1.82, 2.24) is 15.3 Å². The molecule has 0 bridgehead atoms. The molecule has 2 N–H and O–H groups in total. The number of hydrogen-bond donors (Lipinski definition) is 2. The van der Waals surface area contributed by atoms with Gasteiger partial charge in [-0.3, -0.25) is 4.79 Å². The molecule has 130 valence electrons. The SMILES string of the molecule is CCC(C)NC(=O)C(C)Nc1ncnc2sc(-c3ccccc3)cc12. The van der Waals surface area contributed by atoms with Crippen LogP contribution in [0.1, 0.15) is 27.2 Å². The standard InChI is InChI=1S/C19H22N4OS/c1-4-12(2)22-18(24)13(3)23-17-15-10-16(14-8-6-5-7-9-14)25-19(15)21-11-20-17/h5-13H,4H2,1-3H3,(H,22,24)(H,20,21,23). The van der Waals surface area contributed by atoms with Crippen LogP contribution in [-0.2, 0) is 4.79 Å². The van der Waals surface area contributed by atoms with Crippen molar-refractivity contribution in [3.8, 4) is 10.4 Å². The summed E-state index contributed by atoms with van der Waals surface area (Å²) in [6, 6.07) is 12.1. The van der Waals surface area contributed by atoms with Crippen LogP contribution in [0.3, 0.4) is 0 Å². The average molecular weight is 354 g/mol. The number of thiophene rings is 1. The minimum Gasteiger partial charge on any atom is -0.358 e. The van der Waals surface area contributed by atoms with Crippen molar-refractivity contribution in [2.24, 2.45) is 0 Å². The van der Waals surface area contributed by atoms with Gasteiger partial charge in [0.05, 0.1) is 5.39 Å². The van der Waals surface area contributed by atoms with Crippen molar-refractivity contribution >= 4 is 33.3 Å². The highest BCUT2D eigenvalue weighted by molar-refractivity contribution is 7.21. The molecule has 5 nitrogen and oxygen atoms in total. The maximum atomic E-state index is 12.3. The first-order valence-corrected chi connectivity index (χ1v) is 9.27. The van der Waals surface area contributed by atoms with Gasteiger partial charge in [0.15, 0.2) is 0 Å². The molecule has 25 heavy (non-hydrogen) atoms. The van der Waals surface area contributed by atoms with Crippen molar-refractivity contribution in [3.05, 3.63) is 42.7 Å². The van der Waals surface area contributed by atoms with E-state index in [2.05, 4.69) is 38.8 Å². The van der Waals surface area contributed by atoms with Crippen LogP contribution in [0, 0.1) is 0 Å². The van der Waals surface area contributed by atoms with E-state index in [1.807, 2.05) is 39.0 Å². The molecule has 0 radical (unpaired) electrons. The normalized spacial score (nSPS) is 13.4. The van der Waals surface area contributed by atoms with Gasteiger partial charge in [0.25, 0.3) is 0 Å². The number of carbonyl (C=O) groups is 1. The van der Waals surface area contributed by atoms with Gasteiger partial charge in [-0.2, -0.15) is 0 Å². The van der Waals surface area contributed by atoms with E-state index in [9.17, 15) is 4.79 Å². The topological polar surface area (TPSA) is 66.9 Å². The average Bonchev–Trinajstić information content (AvgIpc) is 3.07. The number of aromatic nitrogens is 2. The summed E-state index contributed by atoms with van der Waals surface area (Å²) in [5, 5.41) is 7.15.